The van der Waals surface area contributed by atoms with Gasteiger partial charge in [0, 0.05) is 12.8 Å². The molecular formula is C60H115NO5. The minimum atomic E-state index is -0.848. The number of unbranched alkanes of at least 4 members (excludes halogenated alkanes) is 42. The highest BCUT2D eigenvalue weighted by molar-refractivity contribution is 5.76. The summed E-state index contributed by atoms with van der Waals surface area (Å²) in [6, 6.07) is -0.632. The van der Waals surface area contributed by atoms with Gasteiger partial charge in [-0.3, -0.25) is 9.59 Å². The number of ether oxygens (including phenoxy) is 1. The van der Waals surface area contributed by atoms with Gasteiger partial charge in [0.1, 0.15) is 0 Å². The van der Waals surface area contributed by atoms with Crippen molar-refractivity contribution in [2.24, 2.45) is 0 Å². The van der Waals surface area contributed by atoms with E-state index in [1.165, 1.54) is 250 Å². The molecule has 0 saturated carbocycles. The normalized spacial score (nSPS) is 12.7. The highest BCUT2D eigenvalue weighted by Gasteiger charge is 2.18. The van der Waals surface area contributed by atoms with E-state index in [2.05, 4.69) is 31.3 Å². The van der Waals surface area contributed by atoms with Gasteiger partial charge in [0.05, 0.1) is 25.4 Å². The summed E-state index contributed by atoms with van der Waals surface area (Å²) in [6.07, 6.45) is 67.7. The summed E-state index contributed by atoms with van der Waals surface area (Å²) in [6.45, 7) is 4.90. The molecule has 6 heteroatoms. The third kappa shape index (κ3) is 51.7. The highest BCUT2D eigenvalue weighted by atomic mass is 16.5. The maximum atomic E-state index is 12.4. The van der Waals surface area contributed by atoms with Crippen LogP contribution in [0.3, 0.4) is 0 Å². The minimum absolute atomic E-state index is 0.00196. The van der Waals surface area contributed by atoms with Crippen LogP contribution < -0.4 is 5.32 Å². The van der Waals surface area contributed by atoms with E-state index in [1.54, 1.807) is 6.08 Å². The quantitative estimate of drug-likeness (QED) is 0.0321. The molecule has 0 aromatic heterocycles. The summed E-state index contributed by atoms with van der Waals surface area (Å²) in [4.78, 5) is 24.5. The number of hydrogen-bond donors (Lipinski definition) is 3. The molecule has 66 heavy (non-hydrogen) atoms. The second-order valence-corrected chi connectivity index (χ2v) is 20.3. The fourth-order valence-electron chi connectivity index (χ4n) is 9.16. The lowest BCUT2D eigenvalue weighted by Crippen LogP contribution is -2.45. The number of rotatable bonds is 55. The number of carbonyl (C=O) groups is 2. The van der Waals surface area contributed by atoms with Crippen molar-refractivity contribution in [2.45, 2.75) is 334 Å². The third-order valence-electron chi connectivity index (χ3n) is 13.7. The Morgan fingerprint density at radius 3 is 1.08 bits per heavy atom. The maximum Gasteiger partial charge on any atom is 0.305 e. The molecule has 0 aliphatic rings. The third-order valence-corrected chi connectivity index (χ3v) is 13.7. The van der Waals surface area contributed by atoms with Crippen LogP contribution >= 0.6 is 0 Å². The molecular weight excluding hydrogens is 815 g/mol. The van der Waals surface area contributed by atoms with Crippen molar-refractivity contribution in [3.05, 3.63) is 24.3 Å². The van der Waals surface area contributed by atoms with E-state index in [1.807, 2.05) is 6.08 Å². The second kappa shape index (κ2) is 55.9. The van der Waals surface area contributed by atoms with Crippen LogP contribution in [-0.4, -0.2) is 47.4 Å². The van der Waals surface area contributed by atoms with E-state index < -0.39 is 12.1 Å². The zero-order valence-electron chi connectivity index (χ0n) is 44.4. The Hall–Kier alpha value is -1.66. The van der Waals surface area contributed by atoms with Crippen LogP contribution in [0.2, 0.25) is 0 Å². The van der Waals surface area contributed by atoms with Gasteiger partial charge >= 0.3 is 5.97 Å². The lowest BCUT2D eigenvalue weighted by atomic mass is 10.0. The van der Waals surface area contributed by atoms with Gasteiger partial charge < -0.3 is 20.3 Å². The minimum Gasteiger partial charge on any atom is -0.466 e. The average Bonchev–Trinajstić information content (AvgIpc) is 3.32. The molecule has 3 N–H and O–H groups in total. The summed E-state index contributed by atoms with van der Waals surface area (Å²) in [5.41, 5.74) is 0. The van der Waals surface area contributed by atoms with Crippen molar-refractivity contribution in [2.75, 3.05) is 13.2 Å². The smallest absolute Gasteiger partial charge is 0.305 e. The maximum absolute atomic E-state index is 12.4. The molecule has 0 heterocycles. The van der Waals surface area contributed by atoms with Crippen LogP contribution in [0.15, 0.2) is 24.3 Å². The van der Waals surface area contributed by atoms with Crippen LogP contribution in [0.25, 0.3) is 0 Å². The Labute approximate surface area is 411 Å². The zero-order chi connectivity index (χ0) is 47.9. The Morgan fingerprint density at radius 2 is 0.712 bits per heavy atom. The molecule has 0 bridgehead atoms. The molecule has 6 nitrogen and oxygen atoms in total. The average molecular weight is 931 g/mol. The Bertz CT molecular complexity index is 1030. The van der Waals surface area contributed by atoms with Gasteiger partial charge in [0.15, 0.2) is 0 Å². The number of aliphatic hydroxyl groups excluding tert-OH is 2. The number of amides is 1. The monoisotopic (exact) mass is 930 g/mol. The summed E-state index contributed by atoms with van der Waals surface area (Å²) >= 11 is 0. The molecule has 0 aliphatic carbocycles. The lowest BCUT2D eigenvalue weighted by Gasteiger charge is -2.20. The van der Waals surface area contributed by atoms with Gasteiger partial charge in [0.2, 0.25) is 5.91 Å². The number of esters is 1. The Kier molecular flexibility index (Phi) is 54.5. The largest absolute Gasteiger partial charge is 0.466 e. The van der Waals surface area contributed by atoms with Gasteiger partial charge in [-0.05, 0) is 57.8 Å². The first-order valence-corrected chi connectivity index (χ1v) is 29.6. The van der Waals surface area contributed by atoms with Crippen LogP contribution in [0.5, 0.6) is 0 Å². The van der Waals surface area contributed by atoms with Gasteiger partial charge in [-0.2, -0.15) is 0 Å². The topological polar surface area (TPSA) is 95.9 Å². The second-order valence-electron chi connectivity index (χ2n) is 20.3. The van der Waals surface area contributed by atoms with Gasteiger partial charge in [0.25, 0.3) is 0 Å². The van der Waals surface area contributed by atoms with Crippen molar-refractivity contribution in [3.63, 3.8) is 0 Å². The van der Waals surface area contributed by atoms with Crippen LogP contribution in [0.1, 0.15) is 322 Å². The van der Waals surface area contributed by atoms with E-state index in [-0.39, 0.29) is 18.5 Å². The first-order chi connectivity index (χ1) is 32.5. The number of allylic oxidation sites excluding steroid dienone is 3. The fourth-order valence-corrected chi connectivity index (χ4v) is 9.16. The molecule has 1 amide bonds. The van der Waals surface area contributed by atoms with Crippen LogP contribution in [0, 0.1) is 0 Å². The van der Waals surface area contributed by atoms with Gasteiger partial charge in [-0.15, -0.1) is 0 Å². The van der Waals surface area contributed by atoms with Crippen molar-refractivity contribution in [3.8, 4) is 0 Å². The molecule has 390 valence electrons. The van der Waals surface area contributed by atoms with E-state index in [0.717, 1.165) is 44.9 Å². The molecule has 0 aromatic carbocycles. The molecule has 0 rings (SSSR count). The van der Waals surface area contributed by atoms with E-state index in [4.69, 9.17) is 4.74 Å². The Balaban J connectivity index is 3.42. The lowest BCUT2D eigenvalue weighted by molar-refractivity contribution is -0.143. The van der Waals surface area contributed by atoms with Gasteiger partial charge in [-0.25, -0.2) is 0 Å². The van der Waals surface area contributed by atoms with Gasteiger partial charge in [-0.1, -0.05) is 276 Å². The SMILES string of the molecule is CCCCCCCC/C=C\CCCCCCCCCCCC(=O)OCCCCCCCCCCCCCCCCCCC(=O)NC(CO)C(O)/C=C/CCCCCCCCCCCCCC. The number of aliphatic hydroxyl groups is 2. The summed E-state index contributed by atoms with van der Waals surface area (Å²) < 4.78 is 5.49. The summed E-state index contributed by atoms with van der Waals surface area (Å²) in [5.74, 6) is -0.0718. The van der Waals surface area contributed by atoms with Crippen molar-refractivity contribution < 1.29 is 24.5 Å². The molecule has 0 aromatic rings. The summed E-state index contributed by atoms with van der Waals surface area (Å²) in [7, 11) is 0. The molecule has 2 unspecified atom stereocenters. The molecule has 0 aliphatic heterocycles. The molecule has 0 radical (unpaired) electrons. The standard InChI is InChI=1S/C60H115NO5/c1-3-5-7-9-11-13-15-17-19-20-21-22-26-30-34-38-42-46-50-54-60(65)66-55-51-47-43-39-35-31-27-24-23-25-29-33-37-41-45-49-53-59(64)61-57(56-62)58(63)52-48-44-40-36-32-28-18-16-14-12-10-8-6-4-2/h17,19,48,52,57-58,62-63H,3-16,18,20-47,49-51,53-56H2,1-2H3,(H,61,64)/b19-17-,52-48+. The van der Waals surface area contributed by atoms with Crippen molar-refractivity contribution >= 4 is 11.9 Å². The highest BCUT2D eigenvalue weighted by Crippen LogP contribution is 2.17. The molecule has 0 spiro atoms. The van der Waals surface area contributed by atoms with E-state index in [0.29, 0.717) is 19.4 Å². The number of carbonyl (C=O) groups excluding carboxylic acids is 2. The predicted molar refractivity (Wildman–Crippen MR) is 287 cm³/mol. The first-order valence-electron chi connectivity index (χ1n) is 29.6. The molecule has 0 fully saturated rings. The molecule has 0 saturated heterocycles. The summed E-state index contributed by atoms with van der Waals surface area (Å²) in [5, 5.41) is 23.1. The van der Waals surface area contributed by atoms with E-state index in [9.17, 15) is 19.8 Å². The van der Waals surface area contributed by atoms with Crippen LogP contribution in [0.4, 0.5) is 0 Å². The van der Waals surface area contributed by atoms with Crippen molar-refractivity contribution in [1.82, 2.24) is 5.32 Å². The number of nitrogens with one attached hydrogen (secondary N) is 1. The van der Waals surface area contributed by atoms with Crippen LogP contribution in [-0.2, 0) is 14.3 Å². The number of hydrogen-bond acceptors (Lipinski definition) is 5. The first kappa shape index (κ1) is 64.3. The fraction of sp³-hybridized carbons (Fsp3) is 0.900. The van der Waals surface area contributed by atoms with E-state index >= 15 is 0 Å². The Morgan fingerprint density at radius 1 is 0.409 bits per heavy atom. The predicted octanol–water partition coefficient (Wildman–Crippen LogP) is 18.2. The van der Waals surface area contributed by atoms with Crippen molar-refractivity contribution in [1.29, 1.82) is 0 Å². The zero-order valence-corrected chi connectivity index (χ0v) is 44.4. The molecule has 2 atom stereocenters.